The second-order valence-corrected chi connectivity index (χ2v) is 8.31. The maximum Gasteiger partial charge on any atom is 0.338 e. The van der Waals surface area contributed by atoms with Crippen LogP contribution in [0, 0.1) is 0 Å². The third kappa shape index (κ3) is 6.21. The predicted octanol–water partition coefficient (Wildman–Crippen LogP) is 3.38. The highest BCUT2D eigenvalue weighted by atomic mass is 16.7. The average Bonchev–Trinajstić information content (AvgIpc) is 3.12. The zero-order valence-corrected chi connectivity index (χ0v) is 19.7. The lowest BCUT2D eigenvalue weighted by molar-refractivity contribution is -0.193. The molecule has 1 fully saturated rings. The quantitative estimate of drug-likeness (QED) is 0.392. The predicted molar refractivity (Wildman–Crippen MR) is 123 cm³/mol. The van der Waals surface area contributed by atoms with Crippen molar-refractivity contribution in [2.45, 2.75) is 56.9 Å². The molecule has 184 valence electrons. The first-order valence-electron chi connectivity index (χ1n) is 11.4. The molecule has 2 unspecified atom stereocenters. The number of ether oxygens (including phenoxy) is 5. The fraction of sp³-hybridized carbons (Fsp3) is 0.462. The Labute approximate surface area is 199 Å². The molecule has 1 N–H and O–H groups in total. The SMILES string of the molecule is CCCCO[C@@H]1[C@@H](C(COC(=O)c2ccccc2)OC(=O)c2ccccc2)O[C@H](OC)C1(C)O. The molecule has 1 saturated heterocycles. The van der Waals surface area contributed by atoms with Crippen LogP contribution in [0.15, 0.2) is 60.7 Å². The summed E-state index contributed by atoms with van der Waals surface area (Å²) >= 11 is 0. The van der Waals surface area contributed by atoms with E-state index in [0.717, 1.165) is 12.8 Å². The smallest absolute Gasteiger partial charge is 0.338 e. The number of rotatable bonds is 11. The largest absolute Gasteiger partial charge is 0.458 e. The van der Waals surface area contributed by atoms with Crippen molar-refractivity contribution in [2.24, 2.45) is 0 Å². The van der Waals surface area contributed by atoms with Gasteiger partial charge in [0.15, 0.2) is 12.4 Å². The number of hydrogen-bond acceptors (Lipinski definition) is 8. The van der Waals surface area contributed by atoms with Gasteiger partial charge >= 0.3 is 11.9 Å². The van der Waals surface area contributed by atoms with E-state index in [4.69, 9.17) is 23.7 Å². The van der Waals surface area contributed by atoms with E-state index in [-0.39, 0.29) is 6.61 Å². The van der Waals surface area contributed by atoms with Crippen molar-refractivity contribution in [1.82, 2.24) is 0 Å². The van der Waals surface area contributed by atoms with Gasteiger partial charge in [-0.25, -0.2) is 9.59 Å². The van der Waals surface area contributed by atoms with Gasteiger partial charge in [0.05, 0.1) is 11.1 Å². The summed E-state index contributed by atoms with van der Waals surface area (Å²) in [6.45, 7) is 3.65. The van der Waals surface area contributed by atoms with Crippen molar-refractivity contribution in [3.63, 3.8) is 0 Å². The third-order valence-corrected chi connectivity index (χ3v) is 5.66. The van der Waals surface area contributed by atoms with Gasteiger partial charge in [-0.15, -0.1) is 0 Å². The van der Waals surface area contributed by atoms with E-state index in [1.807, 2.05) is 6.92 Å². The van der Waals surface area contributed by atoms with Crippen LogP contribution in [0.1, 0.15) is 47.4 Å². The number of aliphatic hydroxyl groups is 1. The van der Waals surface area contributed by atoms with Crippen LogP contribution in [0.2, 0.25) is 0 Å². The molecule has 8 heteroatoms. The molecule has 0 saturated carbocycles. The maximum absolute atomic E-state index is 12.9. The number of hydrogen-bond donors (Lipinski definition) is 1. The van der Waals surface area contributed by atoms with Crippen LogP contribution in [0.25, 0.3) is 0 Å². The Balaban J connectivity index is 1.83. The minimum Gasteiger partial charge on any atom is -0.458 e. The molecule has 0 amide bonds. The molecule has 1 aliphatic heterocycles. The highest BCUT2D eigenvalue weighted by Gasteiger charge is 2.57. The Morgan fingerprint density at radius 2 is 1.62 bits per heavy atom. The fourth-order valence-electron chi connectivity index (χ4n) is 3.80. The van der Waals surface area contributed by atoms with E-state index in [9.17, 15) is 14.7 Å². The standard InChI is InChI=1S/C26H32O8/c1-4-5-16-31-22-21(34-25(30-3)26(22,2)29)20(33-24(28)19-14-10-7-11-15-19)17-32-23(27)18-12-8-6-9-13-18/h6-15,20-22,25,29H,4-5,16-17H2,1-3H3/t20?,21-,22-,25+,26?/m1/s1. The topological polar surface area (TPSA) is 101 Å². The summed E-state index contributed by atoms with van der Waals surface area (Å²) in [6.07, 6.45) is -2.23. The van der Waals surface area contributed by atoms with E-state index in [1.54, 1.807) is 67.6 Å². The van der Waals surface area contributed by atoms with Gasteiger partial charge in [-0.1, -0.05) is 49.7 Å². The Bertz CT molecular complexity index is 915. The first kappa shape index (κ1) is 25.8. The molecule has 0 radical (unpaired) electrons. The lowest BCUT2D eigenvalue weighted by Gasteiger charge is -2.31. The van der Waals surface area contributed by atoms with Gasteiger partial charge in [0.2, 0.25) is 0 Å². The van der Waals surface area contributed by atoms with Gasteiger partial charge in [0, 0.05) is 13.7 Å². The zero-order valence-electron chi connectivity index (χ0n) is 19.7. The Morgan fingerprint density at radius 3 is 2.18 bits per heavy atom. The molecule has 0 aliphatic carbocycles. The maximum atomic E-state index is 12.9. The van der Waals surface area contributed by atoms with Crippen LogP contribution < -0.4 is 0 Å². The van der Waals surface area contributed by atoms with Gasteiger partial charge in [0.25, 0.3) is 0 Å². The van der Waals surface area contributed by atoms with Crippen LogP contribution in [0.4, 0.5) is 0 Å². The Hall–Kier alpha value is -2.78. The van der Waals surface area contributed by atoms with Crippen molar-refractivity contribution >= 4 is 11.9 Å². The van der Waals surface area contributed by atoms with Gasteiger partial charge in [-0.3, -0.25) is 0 Å². The van der Waals surface area contributed by atoms with Gasteiger partial charge in [0.1, 0.15) is 24.4 Å². The van der Waals surface area contributed by atoms with E-state index in [0.29, 0.717) is 17.7 Å². The summed E-state index contributed by atoms with van der Waals surface area (Å²) in [5.41, 5.74) is -0.826. The molecule has 1 heterocycles. The highest BCUT2D eigenvalue weighted by molar-refractivity contribution is 5.90. The number of esters is 2. The molecule has 0 spiro atoms. The van der Waals surface area contributed by atoms with Crippen LogP contribution in [0.3, 0.4) is 0 Å². The number of benzene rings is 2. The van der Waals surface area contributed by atoms with Crippen LogP contribution in [-0.4, -0.2) is 67.6 Å². The number of methoxy groups -OCH3 is 1. The molecule has 34 heavy (non-hydrogen) atoms. The summed E-state index contributed by atoms with van der Waals surface area (Å²) in [4.78, 5) is 25.4. The summed E-state index contributed by atoms with van der Waals surface area (Å²) in [6, 6.07) is 17.0. The minimum atomic E-state index is -1.52. The van der Waals surface area contributed by atoms with Crippen molar-refractivity contribution in [2.75, 3.05) is 20.3 Å². The summed E-state index contributed by atoms with van der Waals surface area (Å²) in [7, 11) is 1.41. The van der Waals surface area contributed by atoms with Gasteiger partial charge in [-0.2, -0.15) is 0 Å². The molecule has 8 nitrogen and oxygen atoms in total. The zero-order chi connectivity index (χ0) is 24.6. The molecule has 3 rings (SSSR count). The van der Waals surface area contributed by atoms with E-state index in [2.05, 4.69) is 0 Å². The van der Waals surface area contributed by atoms with Crippen LogP contribution in [0.5, 0.6) is 0 Å². The molecule has 2 aromatic rings. The Morgan fingerprint density at radius 1 is 1.03 bits per heavy atom. The highest BCUT2D eigenvalue weighted by Crippen LogP contribution is 2.36. The number of carbonyl (C=O) groups is 2. The van der Waals surface area contributed by atoms with Gasteiger partial charge in [-0.05, 0) is 37.6 Å². The molecular formula is C26H32O8. The summed E-state index contributed by atoms with van der Waals surface area (Å²) < 4.78 is 28.5. The lowest BCUT2D eigenvalue weighted by Crippen LogP contribution is -2.51. The minimum absolute atomic E-state index is 0.295. The number of unbranched alkanes of at least 4 members (excludes halogenated alkanes) is 1. The Kier molecular flexibility index (Phi) is 9.18. The average molecular weight is 473 g/mol. The van der Waals surface area contributed by atoms with Crippen molar-refractivity contribution in [3.05, 3.63) is 71.8 Å². The molecule has 0 aromatic heterocycles. The first-order valence-corrected chi connectivity index (χ1v) is 11.4. The van der Waals surface area contributed by atoms with Crippen molar-refractivity contribution < 1.29 is 38.4 Å². The number of carbonyl (C=O) groups excluding carboxylic acids is 2. The van der Waals surface area contributed by atoms with Gasteiger partial charge < -0.3 is 28.8 Å². The molecule has 0 bridgehead atoms. The monoisotopic (exact) mass is 472 g/mol. The van der Waals surface area contributed by atoms with Crippen LogP contribution in [-0.2, 0) is 23.7 Å². The van der Waals surface area contributed by atoms with Crippen LogP contribution >= 0.6 is 0 Å². The first-order chi connectivity index (χ1) is 16.4. The van der Waals surface area contributed by atoms with E-state index >= 15 is 0 Å². The van der Waals surface area contributed by atoms with E-state index in [1.165, 1.54) is 7.11 Å². The molecule has 1 aliphatic rings. The summed E-state index contributed by atoms with van der Waals surface area (Å²) in [5.74, 6) is -1.18. The molecule has 5 atom stereocenters. The normalized spacial score (nSPS) is 25.0. The molecule has 2 aromatic carbocycles. The third-order valence-electron chi connectivity index (χ3n) is 5.66. The van der Waals surface area contributed by atoms with Crippen molar-refractivity contribution in [3.8, 4) is 0 Å². The second-order valence-electron chi connectivity index (χ2n) is 8.31. The van der Waals surface area contributed by atoms with E-state index < -0.39 is 42.1 Å². The summed E-state index contributed by atoms with van der Waals surface area (Å²) in [5, 5.41) is 11.1. The fourth-order valence-corrected chi connectivity index (χ4v) is 3.80. The molecular weight excluding hydrogens is 440 g/mol. The second kappa shape index (κ2) is 12.1. The lowest BCUT2D eigenvalue weighted by atomic mass is 9.94. The van der Waals surface area contributed by atoms with Crippen molar-refractivity contribution in [1.29, 1.82) is 0 Å².